The molecule has 1 fully saturated rings. The molecule has 71 heavy (non-hydrogen) atoms. The van der Waals surface area contributed by atoms with Gasteiger partial charge in [0.25, 0.3) is 0 Å². The SMILES string of the molecule is C[C@@H]1CC(=O)[C@@H](N(C)C(=O)[C@H](CCCCN)CC(=O)c2ccc(-c3ccc(Cl)cc3)cc2)c2ccc(O)c(c2)-c2cc(ccc2O)C[C@@H](C(=O)C[C@@H](C)C(=O)N2CCC[C@H]2C(=O)N[C@@H](C)C(N)=O)NC1=O. The third-order valence-corrected chi connectivity index (χ3v) is 13.8. The first-order valence-electron chi connectivity index (χ1n) is 24.0. The minimum Gasteiger partial charge on any atom is -0.507 e. The van der Waals surface area contributed by atoms with Gasteiger partial charge in [-0.15, -0.1) is 0 Å². The van der Waals surface area contributed by atoms with Crippen LogP contribution in [0.2, 0.25) is 5.02 Å². The molecule has 5 amide bonds. The van der Waals surface area contributed by atoms with E-state index in [2.05, 4.69) is 10.6 Å². The molecule has 4 bridgehead atoms. The number of hydrogen-bond acceptors (Lipinski definition) is 11. The molecule has 6 rings (SSSR count). The number of primary amides is 1. The molecule has 0 spiro atoms. The first-order chi connectivity index (χ1) is 33.8. The predicted octanol–water partition coefficient (Wildman–Crippen LogP) is 5.82. The van der Waals surface area contributed by atoms with E-state index in [9.17, 15) is 48.6 Å². The number of aromatic hydroxyl groups is 2. The number of rotatable bonds is 17. The van der Waals surface area contributed by atoms with Crippen LogP contribution in [0.5, 0.6) is 11.5 Å². The summed E-state index contributed by atoms with van der Waals surface area (Å²) >= 11 is 6.07. The number of likely N-dealkylation sites (N-methyl/N-ethyl adjacent to an activating group) is 1. The number of nitrogens with zero attached hydrogens (tertiary/aromatic N) is 2. The molecule has 8 N–H and O–H groups in total. The van der Waals surface area contributed by atoms with Crippen molar-refractivity contribution in [3.63, 3.8) is 0 Å². The number of nitrogens with two attached hydrogens (primary N) is 2. The van der Waals surface area contributed by atoms with Crippen molar-refractivity contribution in [1.29, 1.82) is 0 Å². The number of amides is 5. The van der Waals surface area contributed by atoms with Crippen LogP contribution in [0.3, 0.4) is 0 Å². The molecule has 0 unspecified atom stereocenters. The van der Waals surface area contributed by atoms with Gasteiger partial charge in [-0.2, -0.15) is 0 Å². The number of fused-ring (bicyclic) bond motifs is 5. The maximum Gasteiger partial charge on any atom is 0.243 e. The number of benzene rings is 4. The number of halogens is 1. The van der Waals surface area contributed by atoms with Gasteiger partial charge in [-0.25, -0.2) is 0 Å². The summed E-state index contributed by atoms with van der Waals surface area (Å²) in [5.41, 5.74) is 14.4. The van der Waals surface area contributed by atoms with Gasteiger partial charge >= 0.3 is 0 Å². The summed E-state index contributed by atoms with van der Waals surface area (Å²) in [5.74, 6) is -7.51. The van der Waals surface area contributed by atoms with Gasteiger partial charge in [-0.1, -0.05) is 80.4 Å². The number of likely N-dealkylation sites (tertiary alicyclic amines) is 1. The monoisotopic (exact) mass is 990 g/mol. The van der Waals surface area contributed by atoms with E-state index in [1.807, 2.05) is 24.3 Å². The third kappa shape index (κ3) is 13.1. The van der Waals surface area contributed by atoms with Crippen molar-refractivity contribution in [2.45, 2.75) is 103 Å². The number of carbonyl (C=O) groups is 8. The van der Waals surface area contributed by atoms with Crippen LogP contribution in [-0.2, 0) is 40.0 Å². The Morgan fingerprint density at radius 1 is 0.859 bits per heavy atom. The van der Waals surface area contributed by atoms with Crippen molar-refractivity contribution >= 4 is 58.5 Å². The molecule has 4 aromatic rings. The zero-order valence-electron chi connectivity index (χ0n) is 40.5. The van der Waals surface area contributed by atoms with Crippen LogP contribution in [-0.4, -0.2) is 105 Å². The van der Waals surface area contributed by atoms with Gasteiger partial charge in [0.15, 0.2) is 17.3 Å². The fraction of sp³-hybridized carbons (Fsp3) is 0.407. The largest absolute Gasteiger partial charge is 0.507 e. The van der Waals surface area contributed by atoms with Crippen molar-refractivity contribution in [2.75, 3.05) is 20.1 Å². The van der Waals surface area contributed by atoms with Crippen LogP contribution in [0.1, 0.15) is 99.7 Å². The molecule has 4 aromatic carbocycles. The van der Waals surface area contributed by atoms with Crippen molar-refractivity contribution in [3.8, 4) is 33.8 Å². The lowest BCUT2D eigenvalue weighted by Gasteiger charge is -2.32. The smallest absolute Gasteiger partial charge is 0.243 e. The number of phenols is 2. The first kappa shape index (κ1) is 53.4. The maximum atomic E-state index is 14.8. The van der Waals surface area contributed by atoms with Crippen molar-refractivity contribution in [2.24, 2.45) is 29.2 Å². The van der Waals surface area contributed by atoms with Crippen LogP contribution in [0.15, 0.2) is 84.9 Å². The molecule has 2 aliphatic heterocycles. The Balaban J connectivity index is 1.27. The molecular formula is C54H63ClN6O10. The van der Waals surface area contributed by atoms with Gasteiger partial charge in [-0.05, 0) is 104 Å². The molecular weight excluding hydrogens is 928 g/mol. The molecule has 0 saturated carbocycles. The fourth-order valence-electron chi connectivity index (χ4n) is 9.39. The highest BCUT2D eigenvalue weighted by Crippen LogP contribution is 2.40. The maximum absolute atomic E-state index is 14.8. The first-order valence-corrected chi connectivity index (χ1v) is 24.4. The Morgan fingerprint density at radius 3 is 2.14 bits per heavy atom. The van der Waals surface area contributed by atoms with Gasteiger partial charge in [0.1, 0.15) is 29.6 Å². The molecule has 17 heteroatoms. The van der Waals surface area contributed by atoms with Crippen LogP contribution in [0, 0.1) is 17.8 Å². The van der Waals surface area contributed by atoms with Gasteiger partial charge in [0, 0.05) is 72.3 Å². The number of unbranched alkanes of at least 4 members (excludes halogenated alkanes) is 1. The lowest BCUT2D eigenvalue weighted by Crippen LogP contribution is -2.52. The average molecular weight is 992 g/mol. The number of hydrogen-bond donors (Lipinski definition) is 6. The van der Waals surface area contributed by atoms with E-state index in [0.29, 0.717) is 54.8 Å². The van der Waals surface area contributed by atoms with Gasteiger partial charge in [0.05, 0.1) is 6.04 Å². The molecule has 2 heterocycles. The van der Waals surface area contributed by atoms with E-state index >= 15 is 0 Å². The van der Waals surface area contributed by atoms with E-state index in [-0.39, 0.29) is 66.2 Å². The highest BCUT2D eigenvalue weighted by Gasteiger charge is 2.39. The molecule has 1 saturated heterocycles. The highest BCUT2D eigenvalue weighted by molar-refractivity contribution is 6.30. The van der Waals surface area contributed by atoms with Crippen LogP contribution in [0.4, 0.5) is 0 Å². The Hall–Kier alpha value is -6.91. The van der Waals surface area contributed by atoms with Crippen LogP contribution in [0.25, 0.3) is 22.3 Å². The predicted molar refractivity (Wildman–Crippen MR) is 268 cm³/mol. The van der Waals surface area contributed by atoms with Crippen molar-refractivity contribution in [3.05, 3.63) is 107 Å². The van der Waals surface area contributed by atoms with E-state index in [4.69, 9.17) is 23.1 Å². The molecule has 7 atom stereocenters. The summed E-state index contributed by atoms with van der Waals surface area (Å²) in [5, 5.41) is 28.4. The molecule has 0 radical (unpaired) electrons. The summed E-state index contributed by atoms with van der Waals surface area (Å²) < 4.78 is 0. The van der Waals surface area contributed by atoms with Crippen molar-refractivity contribution in [1.82, 2.24) is 20.4 Å². The number of ketones is 3. The zero-order valence-corrected chi connectivity index (χ0v) is 41.2. The summed E-state index contributed by atoms with van der Waals surface area (Å²) in [6.07, 6.45) is 1.31. The molecule has 2 aliphatic rings. The van der Waals surface area contributed by atoms with E-state index in [0.717, 1.165) is 11.1 Å². The second-order valence-corrected chi connectivity index (χ2v) is 19.3. The third-order valence-electron chi connectivity index (χ3n) is 13.6. The highest BCUT2D eigenvalue weighted by atomic mass is 35.5. The lowest BCUT2D eigenvalue weighted by molar-refractivity contribution is -0.143. The molecule has 0 aromatic heterocycles. The van der Waals surface area contributed by atoms with Gasteiger partial charge in [-0.3, -0.25) is 38.4 Å². The van der Waals surface area contributed by atoms with E-state index < -0.39 is 83.0 Å². The summed E-state index contributed by atoms with van der Waals surface area (Å²) in [7, 11) is 1.46. The Kier molecular flexibility index (Phi) is 17.9. The number of nitrogens with one attached hydrogen (secondary N) is 2. The molecule has 16 nitrogen and oxygen atoms in total. The standard InChI is InChI=1S/C54H63ClN6O10/c1-30-24-48(66)49(60(4)54(71)38(8-5-6-22-56)29-46(64)36-13-11-34(12-14-36)35-15-18-39(55)19-16-35)37-17-21-45(63)41(28-37)40-26-33(10-20-44(40)62)27-42(59-51(30)68)47(65)25-31(2)53(70)61-23-7-9-43(61)52(69)58-32(3)50(57)67/h10-21,26,28,30-32,38,42-43,49,62-63H,5-9,22-25,27,29,56H2,1-4H3,(H2,57,67)(H,58,69)(H,59,68)/t30-,31-,32+,38-,42+,43+,49+/m1/s1. The van der Waals surface area contributed by atoms with Crippen molar-refractivity contribution < 1.29 is 48.6 Å². The fourth-order valence-corrected chi connectivity index (χ4v) is 9.51. The topological polar surface area (TPSA) is 260 Å². The Labute approximate surface area is 418 Å². The molecule has 376 valence electrons. The normalized spacial score (nSPS) is 19.4. The van der Waals surface area contributed by atoms with E-state index in [1.165, 1.54) is 55.0 Å². The van der Waals surface area contributed by atoms with Gasteiger partial charge in [0.2, 0.25) is 29.5 Å². The summed E-state index contributed by atoms with van der Waals surface area (Å²) in [6.45, 7) is 5.14. The second-order valence-electron chi connectivity index (χ2n) is 18.9. The van der Waals surface area contributed by atoms with Crippen LogP contribution < -0.4 is 22.1 Å². The van der Waals surface area contributed by atoms with E-state index in [1.54, 1.807) is 43.3 Å². The Bertz CT molecular complexity index is 2660. The minimum atomic E-state index is -1.32. The van der Waals surface area contributed by atoms with Gasteiger partial charge < -0.3 is 42.1 Å². The Morgan fingerprint density at radius 2 is 1.49 bits per heavy atom. The number of phenolic OH excluding ortho intramolecular Hbond substituents is 2. The average Bonchev–Trinajstić information content (AvgIpc) is 3.84. The number of carbonyl (C=O) groups excluding carboxylic acids is 8. The summed E-state index contributed by atoms with van der Waals surface area (Å²) in [4.78, 5) is 113. The zero-order chi connectivity index (χ0) is 51.7. The number of Topliss-reactive ketones (excluding diaryl/α,β-unsaturated/α-hetero) is 3. The quantitative estimate of drug-likeness (QED) is 0.0543. The minimum absolute atomic E-state index is 0.0870. The summed E-state index contributed by atoms with van der Waals surface area (Å²) in [6, 6.07) is 18.8. The molecule has 0 aliphatic carbocycles. The lowest BCUT2D eigenvalue weighted by atomic mass is 9.87. The van der Waals surface area contributed by atoms with Crippen LogP contribution >= 0.6 is 11.6 Å². The second kappa shape index (κ2) is 23.8.